The number of halogens is 3. The summed E-state index contributed by atoms with van der Waals surface area (Å²) in [6.07, 6.45) is 0. The number of hydrogen-bond acceptors (Lipinski definition) is 6. The monoisotopic (exact) mass is 486 g/mol. The smallest absolute Gasteiger partial charge is 0.259 e. The maximum Gasteiger partial charge on any atom is 0.259 e. The van der Waals surface area contributed by atoms with Gasteiger partial charge in [-0.15, -0.1) is 0 Å². The molecule has 11 heteroatoms. The molecule has 0 spiro atoms. The van der Waals surface area contributed by atoms with Crippen molar-refractivity contribution in [3.05, 3.63) is 63.4 Å². The van der Waals surface area contributed by atoms with Gasteiger partial charge in [-0.05, 0) is 42.5 Å². The molecule has 30 heavy (non-hydrogen) atoms. The Labute approximate surface area is 189 Å². The van der Waals surface area contributed by atoms with E-state index in [1.165, 1.54) is 16.4 Å². The molecule has 0 radical (unpaired) electrons. The molecule has 0 unspecified atom stereocenters. The summed E-state index contributed by atoms with van der Waals surface area (Å²) in [7, 11) is -3.54. The minimum atomic E-state index is -3.54. The van der Waals surface area contributed by atoms with Crippen molar-refractivity contribution < 1.29 is 12.9 Å². The van der Waals surface area contributed by atoms with Gasteiger partial charge in [-0.2, -0.15) is 9.29 Å². The van der Waals surface area contributed by atoms with Crippen LogP contribution in [0.1, 0.15) is 5.82 Å². The first-order valence-corrected chi connectivity index (χ1v) is 11.7. The Morgan fingerprint density at radius 2 is 1.60 bits per heavy atom. The van der Waals surface area contributed by atoms with Gasteiger partial charge in [0.1, 0.15) is 0 Å². The molecule has 158 valence electrons. The Morgan fingerprint density at radius 3 is 2.27 bits per heavy atom. The van der Waals surface area contributed by atoms with Crippen LogP contribution in [0.15, 0.2) is 51.9 Å². The fourth-order valence-corrected chi connectivity index (χ4v) is 5.21. The van der Waals surface area contributed by atoms with Crippen molar-refractivity contribution in [1.82, 2.24) is 19.3 Å². The largest absolute Gasteiger partial charge is 0.334 e. The minimum Gasteiger partial charge on any atom is -0.334 e. The van der Waals surface area contributed by atoms with E-state index in [1.807, 2.05) is 0 Å². The van der Waals surface area contributed by atoms with Gasteiger partial charge in [0, 0.05) is 36.2 Å². The van der Waals surface area contributed by atoms with Gasteiger partial charge in [-0.3, -0.25) is 4.90 Å². The highest BCUT2D eigenvalue weighted by molar-refractivity contribution is 7.89. The molecule has 3 aromatic rings. The number of nitrogens with zero attached hydrogens (tertiary/aromatic N) is 4. The van der Waals surface area contributed by atoms with Crippen LogP contribution < -0.4 is 0 Å². The first-order chi connectivity index (χ1) is 14.3. The van der Waals surface area contributed by atoms with Gasteiger partial charge in [0.15, 0.2) is 5.82 Å². The lowest BCUT2D eigenvalue weighted by atomic mass is 10.2. The fraction of sp³-hybridized carbons (Fsp3) is 0.263. The average Bonchev–Trinajstić information content (AvgIpc) is 3.17. The molecule has 0 aliphatic carbocycles. The van der Waals surface area contributed by atoms with Crippen LogP contribution in [0.25, 0.3) is 11.5 Å². The molecule has 0 saturated carbocycles. The molecule has 1 aliphatic heterocycles. The maximum absolute atomic E-state index is 12.8. The summed E-state index contributed by atoms with van der Waals surface area (Å²) in [5.41, 5.74) is 0.610. The summed E-state index contributed by atoms with van der Waals surface area (Å²) < 4.78 is 32.4. The maximum atomic E-state index is 12.8. The van der Waals surface area contributed by atoms with E-state index in [9.17, 15) is 8.42 Å². The number of hydrogen-bond donors (Lipinski definition) is 0. The third-order valence-electron chi connectivity index (χ3n) is 4.78. The molecule has 0 atom stereocenters. The second kappa shape index (κ2) is 8.82. The molecule has 0 amide bonds. The van der Waals surface area contributed by atoms with E-state index < -0.39 is 10.0 Å². The summed E-state index contributed by atoms with van der Waals surface area (Å²) in [5, 5.41) is 5.46. The first kappa shape index (κ1) is 21.5. The Kier molecular flexibility index (Phi) is 6.34. The SMILES string of the molecule is O=S(=O)(c1ccc(Cl)cc1)N1CCN(Cc2noc(-c3ccc(Cl)cc3Cl)n2)CC1. The zero-order valence-corrected chi connectivity index (χ0v) is 18.7. The molecule has 1 fully saturated rings. The topological polar surface area (TPSA) is 79.5 Å². The van der Waals surface area contributed by atoms with E-state index in [1.54, 1.807) is 30.3 Å². The quantitative estimate of drug-likeness (QED) is 0.536. The van der Waals surface area contributed by atoms with Crippen molar-refractivity contribution in [2.24, 2.45) is 0 Å². The van der Waals surface area contributed by atoms with E-state index in [0.29, 0.717) is 65.1 Å². The van der Waals surface area contributed by atoms with Gasteiger partial charge in [-0.25, -0.2) is 8.42 Å². The van der Waals surface area contributed by atoms with Crippen molar-refractivity contribution in [2.75, 3.05) is 26.2 Å². The molecule has 1 aliphatic rings. The Bertz CT molecular complexity index is 1140. The van der Waals surface area contributed by atoms with Crippen LogP contribution in [0.2, 0.25) is 15.1 Å². The summed E-state index contributed by atoms with van der Waals surface area (Å²) in [4.78, 5) is 6.71. The molecule has 0 N–H and O–H groups in total. The second-order valence-corrected chi connectivity index (χ2v) is 9.99. The van der Waals surface area contributed by atoms with E-state index >= 15 is 0 Å². The molecule has 0 bridgehead atoms. The third kappa shape index (κ3) is 4.64. The van der Waals surface area contributed by atoms with Gasteiger partial charge in [0.05, 0.1) is 22.0 Å². The molecular formula is C19H17Cl3N4O3S. The normalized spacial score (nSPS) is 16.1. The number of piperazine rings is 1. The highest BCUT2D eigenvalue weighted by Gasteiger charge is 2.29. The zero-order valence-electron chi connectivity index (χ0n) is 15.6. The summed E-state index contributed by atoms with van der Waals surface area (Å²) >= 11 is 18.0. The Morgan fingerprint density at radius 1 is 0.933 bits per heavy atom. The number of aromatic nitrogens is 2. The van der Waals surface area contributed by atoms with Crippen LogP contribution >= 0.6 is 34.8 Å². The highest BCUT2D eigenvalue weighted by atomic mass is 35.5. The summed E-state index contributed by atoms with van der Waals surface area (Å²) in [6, 6.07) is 11.2. The van der Waals surface area contributed by atoms with Crippen LogP contribution in [0.4, 0.5) is 0 Å². The molecule has 4 rings (SSSR count). The van der Waals surface area contributed by atoms with Crippen molar-refractivity contribution >= 4 is 44.8 Å². The zero-order chi connectivity index (χ0) is 21.3. The minimum absolute atomic E-state index is 0.239. The van der Waals surface area contributed by atoms with Crippen molar-refractivity contribution in [1.29, 1.82) is 0 Å². The number of sulfonamides is 1. The molecule has 2 aromatic carbocycles. The number of rotatable bonds is 5. The average molecular weight is 488 g/mol. The first-order valence-electron chi connectivity index (χ1n) is 9.09. The predicted molar refractivity (Wildman–Crippen MR) is 115 cm³/mol. The van der Waals surface area contributed by atoms with Crippen LogP contribution in [-0.4, -0.2) is 53.9 Å². The summed E-state index contributed by atoms with van der Waals surface area (Å²) in [5.74, 6) is 0.820. The molecule has 1 saturated heterocycles. The highest BCUT2D eigenvalue weighted by Crippen LogP contribution is 2.29. The number of benzene rings is 2. The van der Waals surface area contributed by atoms with E-state index in [-0.39, 0.29) is 4.90 Å². The molecule has 7 nitrogen and oxygen atoms in total. The van der Waals surface area contributed by atoms with Crippen LogP contribution in [0, 0.1) is 0 Å². The van der Waals surface area contributed by atoms with E-state index in [0.717, 1.165) is 0 Å². The predicted octanol–water partition coefficient (Wildman–Crippen LogP) is 4.20. The molecule has 2 heterocycles. The van der Waals surface area contributed by atoms with Gasteiger partial charge < -0.3 is 4.52 Å². The Hall–Kier alpha value is -1.68. The van der Waals surface area contributed by atoms with Crippen LogP contribution in [-0.2, 0) is 16.6 Å². The molecular weight excluding hydrogens is 471 g/mol. The van der Waals surface area contributed by atoms with E-state index in [2.05, 4.69) is 15.0 Å². The van der Waals surface area contributed by atoms with Gasteiger partial charge in [-0.1, -0.05) is 40.0 Å². The van der Waals surface area contributed by atoms with Crippen LogP contribution in [0.3, 0.4) is 0 Å². The van der Waals surface area contributed by atoms with Crippen molar-refractivity contribution in [3.63, 3.8) is 0 Å². The lowest BCUT2D eigenvalue weighted by molar-refractivity contribution is 0.176. The second-order valence-electron chi connectivity index (χ2n) is 6.77. The lowest BCUT2D eigenvalue weighted by Crippen LogP contribution is -2.48. The fourth-order valence-electron chi connectivity index (χ4n) is 3.17. The van der Waals surface area contributed by atoms with Gasteiger partial charge in [0.2, 0.25) is 10.0 Å². The standard InChI is InChI=1S/C19H17Cl3N4O3S/c20-13-1-4-15(5-2-13)30(27,28)26-9-7-25(8-10-26)12-18-23-19(29-24-18)16-6-3-14(21)11-17(16)22/h1-6,11H,7-10,12H2. The van der Waals surface area contributed by atoms with Gasteiger partial charge >= 0.3 is 0 Å². The van der Waals surface area contributed by atoms with E-state index in [4.69, 9.17) is 39.3 Å². The lowest BCUT2D eigenvalue weighted by Gasteiger charge is -2.33. The molecule has 1 aromatic heterocycles. The van der Waals surface area contributed by atoms with Crippen LogP contribution in [0.5, 0.6) is 0 Å². The Balaban J connectivity index is 1.38. The van der Waals surface area contributed by atoms with Crippen molar-refractivity contribution in [2.45, 2.75) is 11.4 Å². The summed E-state index contributed by atoms with van der Waals surface area (Å²) in [6.45, 7) is 2.30. The third-order valence-corrected chi connectivity index (χ3v) is 7.49. The van der Waals surface area contributed by atoms with Gasteiger partial charge in [0.25, 0.3) is 5.89 Å². The van der Waals surface area contributed by atoms with Crippen molar-refractivity contribution in [3.8, 4) is 11.5 Å².